The summed E-state index contributed by atoms with van der Waals surface area (Å²) in [5, 5.41) is 1.10. The zero-order valence-corrected chi connectivity index (χ0v) is 8.25. The van der Waals surface area contributed by atoms with Crippen molar-refractivity contribution in [2.24, 2.45) is 0 Å². The second kappa shape index (κ2) is 3.68. The average molecular weight is 234 g/mol. The molecular weight excluding hydrogens is 226 g/mol. The first-order valence-corrected chi connectivity index (χ1v) is 3.97. The number of hydrogen-bond acceptors (Lipinski definition) is 3. The van der Waals surface area contributed by atoms with Crippen LogP contribution in [-0.2, 0) is 4.84 Å². The molecule has 1 N–H and O–H groups in total. The monoisotopic (exact) mass is 233 g/mol. The molecule has 5 nitrogen and oxygen atoms in total. The summed E-state index contributed by atoms with van der Waals surface area (Å²) in [6.45, 7) is 0. The highest BCUT2D eigenvalue weighted by molar-refractivity contribution is 9.10. The largest absolute Gasteiger partial charge is 0.338 e. The van der Waals surface area contributed by atoms with Crippen molar-refractivity contribution in [3.05, 3.63) is 16.6 Å². The van der Waals surface area contributed by atoms with Crippen molar-refractivity contribution in [2.45, 2.75) is 0 Å². The van der Waals surface area contributed by atoms with Gasteiger partial charge in [0.2, 0.25) is 0 Å². The van der Waals surface area contributed by atoms with Crippen LogP contribution < -0.4 is 0 Å². The van der Waals surface area contributed by atoms with Crippen LogP contribution in [0.5, 0.6) is 0 Å². The first-order valence-electron chi connectivity index (χ1n) is 3.18. The zero-order chi connectivity index (χ0) is 9.14. The van der Waals surface area contributed by atoms with E-state index in [4.69, 9.17) is 4.84 Å². The molecule has 0 spiro atoms. The van der Waals surface area contributed by atoms with Crippen LogP contribution in [0.15, 0.2) is 10.9 Å². The fraction of sp³-hybridized carbons (Fsp3) is 0.333. The van der Waals surface area contributed by atoms with E-state index in [2.05, 4.69) is 25.9 Å². The number of rotatable bonds is 2. The Morgan fingerprint density at radius 1 is 1.83 bits per heavy atom. The van der Waals surface area contributed by atoms with Crippen LogP contribution in [-0.4, -0.2) is 35.1 Å². The molecule has 1 amide bonds. The molecule has 0 aromatic carbocycles. The summed E-state index contributed by atoms with van der Waals surface area (Å²) in [6.07, 6.45) is 1.50. The lowest BCUT2D eigenvalue weighted by molar-refractivity contribution is -0.0760. The standard InChI is InChI=1S/C6H8BrN3O2/c1-10(12-2)5(11)4-3-8-6(7)9-4/h3H,1-2H3,(H,8,9). The van der Waals surface area contributed by atoms with E-state index in [-0.39, 0.29) is 5.91 Å². The lowest BCUT2D eigenvalue weighted by Crippen LogP contribution is -2.25. The molecule has 0 radical (unpaired) electrons. The number of nitrogens with zero attached hydrogens (tertiary/aromatic N) is 2. The molecular formula is C6H8BrN3O2. The summed E-state index contributed by atoms with van der Waals surface area (Å²) >= 11 is 3.09. The molecule has 0 aliphatic carbocycles. The molecule has 0 bridgehead atoms. The Kier molecular flexibility index (Phi) is 2.83. The summed E-state index contributed by atoms with van der Waals surface area (Å²) in [5.41, 5.74) is 0.311. The highest BCUT2D eigenvalue weighted by Crippen LogP contribution is 2.05. The van der Waals surface area contributed by atoms with Crippen LogP contribution in [0.25, 0.3) is 0 Å². The lowest BCUT2D eigenvalue weighted by Gasteiger charge is -2.10. The molecule has 12 heavy (non-hydrogen) atoms. The predicted molar refractivity (Wildman–Crippen MR) is 45.4 cm³/mol. The van der Waals surface area contributed by atoms with Gasteiger partial charge in [0, 0.05) is 13.2 Å². The molecule has 0 aliphatic heterocycles. The molecule has 6 heteroatoms. The summed E-state index contributed by atoms with van der Waals surface area (Å²) in [5.74, 6) is -0.292. The lowest BCUT2D eigenvalue weighted by atomic mass is 10.4. The first-order chi connectivity index (χ1) is 5.65. The summed E-state index contributed by atoms with van der Waals surface area (Å²) < 4.78 is 0.523. The number of H-pyrrole nitrogens is 1. The summed E-state index contributed by atoms with van der Waals surface area (Å²) in [4.78, 5) is 22.6. The van der Waals surface area contributed by atoms with Gasteiger partial charge in [-0.2, -0.15) is 0 Å². The minimum atomic E-state index is -0.292. The molecule has 0 saturated carbocycles. The van der Waals surface area contributed by atoms with Gasteiger partial charge >= 0.3 is 0 Å². The number of aromatic amines is 1. The maximum atomic E-state index is 11.3. The normalized spacial score (nSPS) is 9.92. The van der Waals surface area contributed by atoms with Gasteiger partial charge in [0.25, 0.3) is 5.91 Å². The van der Waals surface area contributed by atoms with Crippen LogP contribution >= 0.6 is 15.9 Å². The van der Waals surface area contributed by atoms with Gasteiger partial charge in [-0.1, -0.05) is 0 Å². The smallest absolute Gasteiger partial charge is 0.297 e. The first kappa shape index (κ1) is 9.21. The Balaban J connectivity index is 2.78. The Hall–Kier alpha value is -0.880. The van der Waals surface area contributed by atoms with E-state index < -0.39 is 0 Å². The fourth-order valence-electron chi connectivity index (χ4n) is 0.652. The van der Waals surface area contributed by atoms with Crippen LogP contribution in [0.3, 0.4) is 0 Å². The van der Waals surface area contributed by atoms with E-state index in [9.17, 15) is 4.79 Å². The number of imidazole rings is 1. The SMILES string of the molecule is CON(C)C(=O)c1c[nH]c(Br)n1. The maximum absolute atomic E-state index is 11.3. The highest BCUT2D eigenvalue weighted by Gasteiger charge is 2.13. The maximum Gasteiger partial charge on any atom is 0.297 e. The summed E-state index contributed by atoms with van der Waals surface area (Å²) in [6, 6.07) is 0. The number of nitrogens with one attached hydrogen (secondary N) is 1. The Labute approximate surface area is 77.8 Å². The van der Waals surface area contributed by atoms with E-state index in [0.29, 0.717) is 10.4 Å². The van der Waals surface area contributed by atoms with Gasteiger partial charge in [-0.25, -0.2) is 10.0 Å². The number of carbonyl (C=O) groups excluding carboxylic acids is 1. The molecule has 66 valence electrons. The molecule has 0 saturated heterocycles. The third-order valence-electron chi connectivity index (χ3n) is 1.33. The number of amides is 1. The topological polar surface area (TPSA) is 58.2 Å². The third kappa shape index (κ3) is 1.83. The third-order valence-corrected chi connectivity index (χ3v) is 1.73. The zero-order valence-electron chi connectivity index (χ0n) is 6.67. The minimum absolute atomic E-state index is 0.292. The number of halogens is 1. The fourth-order valence-corrected chi connectivity index (χ4v) is 0.957. The Morgan fingerprint density at radius 3 is 2.92 bits per heavy atom. The molecule has 0 fully saturated rings. The molecule has 0 atom stereocenters. The van der Waals surface area contributed by atoms with Gasteiger partial charge in [-0.05, 0) is 15.9 Å². The highest BCUT2D eigenvalue weighted by atomic mass is 79.9. The molecule has 0 unspecified atom stereocenters. The van der Waals surface area contributed by atoms with Crippen LogP contribution in [0.2, 0.25) is 0 Å². The number of hydrogen-bond donors (Lipinski definition) is 1. The van der Waals surface area contributed by atoms with Crippen LogP contribution in [0.1, 0.15) is 10.5 Å². The van der Waals surface area contributed by atoms with Crippen molar-refractivity contribution in [3.8, 4) is 0 Å². The van der Waals surface area contributed by atoms with Gasteiger partial charge in [0.15, 0.2) is 4.73 Å². The molecule has 1 aromatic rings. The van der Waals surface area contributed by atoms with Gasteiger partial charge in [0.1, 0.15) is 5.69 Å². The van der Waals surface area contributed by atoms with Crippen LogP contribution in [0, 0.1) is 0 Å². The Morgan fingerprint density at radius 2 is 2.50 bits per heavy atom. The van der Waals surface area contributed by atoms with Crippen molar-refractivity contribution in [2.75, 3.05) is 14.2 Å². The van der Waals surface area contributed by atoms with Crippen molar-refractivity contribution < 1.29 is 9.63 Å². The van der Waals surface area contributed by atoms with Crippen molar-refractivity contribution in [3.63, 3.8) is 0 Å². The summed E-state index contributed by atoms with van der Waals surface area (Å²) in [7, 11) is 2.94. The van der Waals surface area contributed by atoms with E-state index in [0.717, 1.165) is 5.06 Å². The molecule has 1 aromatic heterocycles. The van der Waals surface area contributed by atoms with Crippen molar-refractivity contribution in [1.29, 1.82) is 0 Å². The second-order valence-corrected chi connectivity index (χ2v) is 2.81. The number of aromatic nitrogens is 2. The van der Waals surface area contributed by atoms with E-state index in [1.54, 1.807) is 0 Å². The van der Waals surface area contributed by atoms with Gasteiger partial charge in [-0.3, -0.25) is 9.63 Å². The Bertz CT molecular complexity index is 286. The van der Waals surface area contributed by atoms with Gasteiger partial charge in [0.05, 0.1) is 7.11 Å². The van der Waals surface area contributed by atoms with Crippen molar-refractivity contribution >= 4 is 21.8 Å². The molecule has 1 heterocycles. The van der Waals surface area contributed by atoms with E-state index in [1.165, 1.54) is 20.4 Å². The second-order valence-electron chi connectivity index (χ2n) is 2.06. The minimum Gasteiger partial charge on any atom is -0.338 e. The predicted octanol–water partition coefficient (Wildman–Crippen LogP) is 0.806. The van der Waals surface area contributed by atoms with Crippen LogP contribution in [0.4, 0.5) is 0 Å². The molecule has 1 rings (SSSR count). The van der Waals surface area contributed by atoms with E-state index >= 15 is 0 Å². The van der Waals surface area contributed by atoms with Gasteiger partial charge in [-0.15, -0.1) is 0 Å². The quantitative estimate of drug-likeness (QED) is 0.770. The average Bonchev–Trinajstić information content (AvgIpc) is 2.49. The molecule has 0 aliphatic rings. The van der Waals surface area contributed by atoms with Crippen molar-refractivity contribution in [1.82, 2.24) is 15.0 Å². The van der Waals surface area contributed by atoms with Gasteiger partial charge < -0.3 is 4.98 Å². The number of hydroxylamine groups is 2. The number of carbonyl (C=O) groups is 1. The van der Waals surface area contributed by atoms with E-state index in [1.807, 2.05) is 0 Å².